The maximum Gasteiger partial charge on any atom is 0.115 e. The lowest BCUT2D eigenvalue weighted by molar-refractivity contribution is 0.210. The van der Waals surface area contributed by atoms with Gasteiger partial charge in [-0.2, -0.15) is 0 Å². The van der Waals surface area contributed by atoms with Gasteiger partial charge in [-0.3, -0.25) is 0 Å². The van der Waals surface area contributed by atoms with Crippen LogP contribution >= 0.6 is 0 Å². The fourth-order valence-electron chi connectivity index (χ4n) is 3.83. The molecular weight excluding hydrogens is 260 g/mol. The number of nitrogens with zero attached hydrogens (tertiary/aromatic N) is 1. The van der Waals surface area contributed by atoms with Gasteiger partial charge in [0.15, 0.2) is 0 Å². The van der Waals surface area contributed by atoms with Crippen LogP contribution in [0.15, 0.2) is 18.2 Å². The van der Waals surface area contributed by atoms with Gasteiger partial charge < -0.3 is 15.3 Å². The van der Waals surface area contributed by atoms with Crippen molar-refractivity contribution >= 4 is 0 Å². The van der Waals surface area contributed by atoms with Crippen molar-refractivity contribution in [1.29, 1.82) is 0 Å². The summed E-state index contributed by atoms with van der Waals surface area (Å²) in [6.45, 7) is 3.64. The topological polar surface area (TPSA) is 35.5 Å². The van der Waals surface area contributed by atoms with Crippen molar-refractivity contribution in [2.75, 3.05) is 26.7 Å². The van der Waals surface area contributed by atoms with Gasteiger partial charge in [-0.05, 0) is 94.4 Å². The number of rotatable bonds is 4. The van der Waals surface area contributed by atoms with Crippen LogP contribution in [-0.2, 0) is 6.42 Å². The number of piperidine rings is 1. The summed E-state index contributed by atoms with van der Waals surface area (Å²) in [6, 6.07) is 6.37. The number of aryl methyl sites for hydroxylation is 1. The summed E-state index contributed by atoms with van der Waals surface area (Å²) in [5.41, 5.74) is 2.74. The number of phenolic OH excluding ortho intramolecular Hbond substituents is 1. The molecule has 2 aliphatic rings. The van der Waals surface area contributed by atoms with Crippen LogP contribution < -0.4 is 5.32 Å². The molecule has 1 saturated heterocycles. The Morgan fingerprint density at radius 3 is 2.86 bits per heavy atom. The van der Waals surface area contributed by atoms with E-state index in [0.29, 0.717) is 11.8 Å². The van der Waals surface area contributed by atoms with Crippen LogP contribution in [0.25, 0.3) is 0 Å². The quantitative estimate of drug-likeness (QED) is 0.893. The summed E-state index contributed by atoms with van der Waals surface area (Å²) in [4.78, 5) is 2.44. The minimum absolute atomic E-state index is 0.403. The van der Waals surface area contributed by atoms with Crippen LogP contribution in [0.2, 0.25) is 0 Å². The Morgan fingerprint density at radius 1 is 1.24 bits per heavy atom. The van der Waals surface area contributed by atoms with Crippen molar-refractivity contribution < 1.29 is 5.11 Å². The standard InChI is InChI=1S/C18H28N2O/c1-20-11-8-14(9-12-20)7-10-19-18-4-2-3-15-13-16(21)5-6-17(15)18/h5-6,13-14,18-19,21H,2-4,7-12H2,1H3. The Bertz CT molecular complexity index is 466. The highest BCUT2D eigenvalue weighted by Gasteiger charge is 2.21. The fraction of sp³-hybridized carbons (Fsp3) is 0.667. The summed E-state index contributed by atoms with van der Waals surface area (Å²) in [6.07, 6.45) is 7.57. The van der Waals surface area contributed by atoms with E-state index in [9.17, 15) is 5.11 Å². The Hall–Kier alpha value is -1.06. The van der Waals surface area contributed by atoms with Crippen molar-refractivity contribution in [3.8, 4) is 5.75 Å². The van der Waals surface area contributed by atoms with Crippen molar-refractivity contribution in [2.45, 2.75) is 44.6 Å². The van der Waals surface area contributed by atoms with E-state index in [4.69, 9.17) is 0 Å². The molecule has 3 heteroatoms. The maximum absolute atomic E-state index is 9.62. The number of phenols is 1. The van der Waals surface area contributed by atoms with Gasteiger partial charge in [-0.15, -0.1) is 0 Å². The predicted molar refractivity (Wildman–Crippen MR) is 86.6 cm³/mol. The molecule has 0 amide bonds. The third-order valence-electron chi connectivity index (χ3n) is 5.22. The predicted octanol–water partition coefficient (Wildman–Crippen LogP) is 3.09. The summed E-state index contributed by atoms with van der Waals surface area (Å²) >= 11 is 0. The minimum atomic E-state index is 0.403. The lowest BCUT2D eigenvalue weighted by atomic mass is 9.87. The van der Waals surface area contributed by atoms with Crippen LogP contribution in [-0.4, -0.2) is 36.7 Å². The van der Waals surface area contributed by atoms with Crippen LogP contribution in [0.3, 0.4) is 0 Å². The number of hydrogen-bond donors (Lipinski definition) is 2. The third kappa shape index (κ3) is 3.78. The molecule has 3 rings (SSSR count). The molecule has 2 N–H and O–H groups in total. The molecule has 0 radical (unpaired) electrons. The molecule has 116 valence electrons. The van der Waals surface area contributed by atoms with Gasteiger partial charge in [0.05, 0.1) is 0 Å². The SMILES string of the molecule is CN1CCC(CCNC2CCCc3cc(O)ccc32)CC1. The van der Waals surface area contributed by atoms with E-state index in [2.05, 4.69) is 23.3 Å². The molecular formula is C18H28N2O. The minimum Gasteiger partial charge on any atom is -0.508 e. The first kappa shape index (κ1) is 14.9. The number of likely N-dealkylation sites (tertiary alicyclic amines) is 1. The zero-order valence-corrected chi connectivity index (χ0v) is 13.1. The van der Waals surface area contributed by atoms with Gasteiger partial charge in [0.25, 0.3) is 0 Å². The van der Waals surface area contributed by atoms with E-state index < -0.39 is 0 Å². The fourth-order valence-corrected chi connectivity index (χ4v) is 3.83. The number of aromatic hydroxyl groups is 1. The van der Waals surface area contributed by atoms with Gasteiger partial charge in [0, 0.05) is 6.04 Å². The van der Waals surface area contributed by atoms with Crippen molar-refractivity contribution in [1.82, 2.24) is 10.2 Å². The lowest BCUT2D eigenvalue weighted by Crippen LogP contribution is -2.32. The molecule has 21 heavy (non-hydrogen) atoms. The molecule has 3 nitrogen and oxygen atoms in total. The Kier molecular flexibility index (Phi) is 4.81. The Balaban J connectivity index is 1.50. The molecule has 0 spiro atoms. The molecule has 1 unspecified atom stereocenters. The van der Waals surface area contributed by atoms with E-state index in [-0.39, 0.29) is 0 Å². The Morgan fingerprint density at radius 2 is 2.05 bits per heavy atom. The van der Waals surface area contributed by atoms with Crippen molar-refractivity contribution in [2.24, 2.45) is 5.92 Å². The van der Waals surface area contributed by atoms with Crippen LogP contribution in [0.5, 0.6) is 5.75 Å². The van der Waals surface area contributed by atoms with E-state index in [1.54, 1.807) is 0 Å². The molecule has 1 aliphatic carbocycles. The van der Waals surface area contributed by atoms with Gasteiger partial charge in [-0.25, -0.2) is 0 Å². The largest absolute Gasteiger partial charge is 0.508 e. The van der Waals surface area contributed by atoms with Crippen LogP contribution in [0.1, 0.15) is 49.3 Å². The van der Waals surface area contributed by atoms with E-state index in [1.165, 1.54) is 56.3 Å². The van der Waals surface area contributed by atoms with Crippen molar-refractivity contribution in [3.05, 3.63) is 29.3 Å². The molecule has 0 aromatic heterocycles. The summed E-state index contributed by atoms with van der Waals surface area (Å²) < 4.78 is 0. The molecule has 1 atom stereocenters. The van der Waals surface area contributed by atoms with E-state index >= 15 is 0 Å². The number of hydrogen-bond acceptors (Lipinski definition) is 3. The van der Waals surface area contributed by atoms with Gasteiger partial charge >= 0.3 is 0 Å². The monoisotopic (exact) mass is 288 g/mol. The molecule has 1 aliphatic heterocycles. The van der Waals surface area contributed by atoms with Crippen molar-refractivity contribution in [3.63, 3.8) is 0 Å². The second-order valence-electron chi connectivity index (χ2n) is 6.82. The van der Waals surface area contributed by atoms with Crippen LogP contribution in [0.4, 0.5) is 0 Å². The third-order valence-corrected chi connectivity index (χ3v) is 5.22. The molecule has 1 fully saturated rings. The molecule has 1 heterocycles. The summed E-state index contributed by atoms with van der Waals surface area (Å²) in [5, 5.41) is 13.4. The molecule has 0 bridgehead atoms. The zero-order chi connectivity index (χ0) is 14.7. The normalized spacial score (nSPS) is 24.0. The summed E-state index contributed by atoms with van der Waals surface area (Å²) in [7, 11) is 2.23. The smallest absolute Gasteiger partial charge is 0.115 e. The number of fused-ring (bicyclic) bond motifs is 1. The average Bonchev–Trinajstić information content (AvgIpc) is 2.49. The average molecular weight is 288 g/mol. The number of benzene rings is 1. The van der Waals surface area contributed by atoms with Gasteiger partial charge in [0.1, 0.15) is 5.75 Å². The first-order chi connectivity index (χ1) is 10.2. The highest BCUT2D eigenvalue weighted by atomic mass is 16.3. The van der Waals surface area contributed by atoms with Gasteiger partial charge in [0.2, 0.25) is 0 Å². The number of nitrogens with one attached hydrogen (secondary N) is 1. The highest BCUT2D eigenvalue weighted by molar-refractivity contribution is 5.38. The lowest BCUT2D eigenvalue weighted by Gasteiger charge is -2.30. The first-order valence-electron chi connectivity index (χ1n) is 8.46. The second-order valence-corrected chi connectivity index (χ2v) is 6.82. The Labute approximate surface area is 128 Å². The molecule has 0 saturated carbocycles. The highest BCUT2D eigenvalue weighted by Crippen LogP contribution is 2.32. The van der Waals surface area contributed by atoms with E-state index in [1.807, 2.05) is 12.1 Å². The molecule has 1 aromatic rings. The second kappa shape index (κ2) is 6.80. The van der Waals surface area contributed by atoms with Gasteiger partial charge in [-0.1, -0.05) is 6.07 Å². The van der Waals surface area contributed by atoms with Crippen LogP contribution in [0, 0.1) is 5.92 Å². The maximum atomic E-state index is 9.62. The van der Waals surface area contributed by atoms with E-state index in [0.717, 1.165) is 18.9 Å². The zero-order valence-electron chi connectivity index (χ0n) is 13.1. The molecule has 1 aromatic carbocycles. The first-order valence-corrected chi connectivity index (χ1v) is 8.46. The summed E-state index contributed by atoms with van der Waals surface area (Å²) in [5.74, 6) is 1.30.